The van der Waals surface area contributed by atoms with Gasteiger partial charge in [-0.05, 0) is 18.2 Å². The molecule has 0 aromatic heterocycles. The lowest BCUT2D eigenvalue weighted by Crippen LogP contribution is -2.01. The first-order valence-electron chi connectivity index (χ1n) is 3.67. The standard InChI is InChI=1S/C8H8NO4S/c1-9-14(12,13)7-4-2-3-6(5-7)8(10)11/h2-5H,1H3,(H,10,11)/q-1. The van der Waals surface area contributed by atoms with E-state index in [2.05, 4.69) is 4.72 Å². The number of carboxylic acids is 1. The number of sulfonamides is 1. The summed E-state index contributed by atoms with van der Waals surface area (Å²) in [6, 6.07) is 5.05. The zero-order valence-corrected chi connectivity index (χ0v) is 8.15. The molecule has 6 heteroatoms. The van der Waals surface area contributed by atoms with Crippen LogP contribution in [0.2, 0.25) is 0 Å². The number of benzene rings is 1. The van der Waals surface area contributed by atoms with E-state index in [1.807, 2.05) is 0 Å². The third-order valence-corrected chi connectivity index (χ3v) is 2.95. The maximum atomic E-state index is 11.2. The van der Waals surface area contributed by atoms with Gasteiger partial charge in [0.25, 0.3) is 0 Å². The zero-order chi connectivity index (χ0) is 10.8. The molecule has 0 heterocycles. The van der Waals surface area contributed by atoms with E-state index in [1.54, 1.807) is 0 Å². The van der Waals surface area contributed by atoms with E-state index in [0.717, 1.165) is 13.1 Å². The molecule has 1 aromatic rings. The summed E-state index contributed by atoms with van der Waals surface area (Å²) in [6.45, 7) is 0. The maximum absolute atomic E-state index is 11.2. The molecule has 0 fully saturated rings. The van der Waals surface area contributed by atoms with E-state index in [-0.39, 0.29) is 10.5 Å². The van der Waals surface area contributed by atoms with Crippen LogP contribution in [0.4, 0.5) is 0 Å². The van der Waals surface area contributed by atoms with Crippen molar-refractivity contribution in [3.05, 3.63) is 34.6 Å². The van der Waals surface area contributed by atoms with Crippen LogP contribution in [0.5, 0.6) is 0 Å². The van der Waals surface area contributed by atoms with Gasteiger partial charge in [-0.25, -0.2) is 13.2 Å². The van der Waals surface area contributed by atoms with Gasteiger partial charge in [0.1, 0.15) is 10.0 Å². The Morgan fingerprint density at radius 2 is 2.07 bits per heavy atom. The average Bonchev–Trinajstić information content (AvgIpc) is 2.18. The minimum Gasteiger partial charge on any atom is -0.547 e. The maximum Gasteiger partial charge on any atom is 0.335 e. The molecule has 0 aliphatic rings. The molecule has 0 spiro atoms. The summed E-state index contributed by atoms with van der Waals surface area (Å²) < 4.78 is 25.6. The number of carboxylic acid groups (broad SMARTS) is 1. The first kappa shape index (κ1) is 10.7. The quantitative estimate of drug-likeness (QED) is 0.815. The predicted molar refractivity (Wildman–Crippen MR) is 49.9 cm³/mol. The summed E-state index contributed by atoms with van der Waals surface area (Å²) in [4.78, 5) is 10.4. The SMILES string of the molecule is C[N-]S(=O)(=O)c1cccc(C(=O)O)c1. The monoisotopic (exact) mass is 214 g/mol. The van der Waals surface area contributed by atoms with Gasteiger partial charge in [-0.15, -0.1) is 0 Å². The van der Waals surface area contributed by atoms with Crippen LogP contribution in [-0.4, -0.2) is 26.5 Å². The Hall–Kier alpha value is -1.40. The molecule has 0 aliphatic heterocycles. The van der Waals surface area contributed by atoms with Crippen LogP contribution in [-0.2, 0) is 10.0 Å². The number of nitrogens with zero attached hydrogens (tertiary/aromatic N) is 1. The molecule has 1 aromatic carbocycles. The first-order valence-corrected chi connectivity index (χ1v) is 5.11. The fourth-order valence-corrected chi connectivity index (χ4v) is 1.63. The molecule has 1 N–H and O–H groups in total. The summed E-state index contributed by atoms with van der Waals surface area (Å²) in [6.07, 6.45) is 0. The van der Waals surface area contributed by atoms with Crippen LogP contribution >= 0.6 is 0 Å². The molecule has 0 unspecified atom stereocenters. The van der Waals surface area contributed by atoms with E-state index >= 15 is 0 Å². The summed E-state index contributed by atoms with van der Waals surface area (Å²) in [5.41, 5.74) is -0.0743. The van der Waals surface area contributed by atoms with E-state index < -0.39 is 16.0 Å². The highest BCUT2D eigenvalue weighted by atomic mass is 32.2. The van der Waals surface area contributed by atoms with Crippen LogP contribution in [0.15, 0.2) is 29.2 Å². The van der Waals surface area contributed by atoms with Crippen molar-refractivity contribution in [3.8, 4) is 0 Å². The van der Waals surface area contributed by atoms with Gasteiger partial charge < -0.3 is 9.83 Å². The second-order valence-electron chi connectivity index (χ2n) is 2.49. The molecule has 0 bridgehead atoms. The molecule has 0 radical (unpaired) electrons. The number of aromatic carboxylic acids is 1. The average molecular weight is 214 g/mol. The van der Waals surface area contributed by atoms with Gasteiger partial charge in [-0.2, -0.15) is 7.05 Å². The van der Waals surface area contributed by atoms with Crippen molar-refractivity contribution < 1.29 is 18.3 Å². The third-order valence-electron chi connectivity index (χ3n) is 1.62. The minimum absolute atomic E-state index is 0.0743. The van der Waals surface area contributed by atoms with Gasteiger partial charge in [-0.3, -0.25) is 0 Å². The van der Waals surface area contributed by atoms with Crippen molar-refractivity contribution in [3.63, 3.8) is 0 Å². The second kappa shape index (κ2) is 3.77. The van der Waals surface area contributed by atoms with Crippen molar-refractivity contribution >= 4 is 16.0 Å². The van der Waals surface area contributed by atoms with Crippen LogP contribution in [0.3, 0.4) is 0 Å². The van der Waals surface area contributed by atoms with Gasteiger partial charge in [-0.1, -0.05) is 6.07 Å². The predicted octanol–water partition coefficient (Wildman–Crippen LogP) is 1.08. The molecule has 0 aliphatic carbocycles. The van der Waals surface area contributed by atoms with E-state index in [4.69, 9.17) is 5.11 Å². The first-order chi connectivity index (χ1) is 6.47. The molecule has 1 rings (SSSR count). The Kier molecular flexibility index (Phi) is 2.87. The van der Waals surface area contributed by atoms with Crippen molar-refractivity contribution in [1.29, 1.82) is 0 Å². The normalized spacial score (nSPS) is 11.2. The molecule has 5 nitrogen and oxygen atoms in total. The molecule has 14 heavy (non-hydrogen) atoms. The summed E-state index contributed by atoms with van der Waals surface area (Å²) in [5.74, 6) is -1.17. The van der Waals surface area contributed by atoms with Gasteiger partial charge in [0.2, 0.25) is 0 Å². The van der Waals surface area contributed by atoms with Gasteiger partial charge in [0.05, 0.1) is 5.56 Å². The Morgan fingerprint density at radius 1 is 1.43 bits per heavy atom. The number of rotatable bonds is 3. The largest absolute Gasteiger partial charge is 0.547 e. The minimum atomic E-state index is -3.69. The van der Waals surface area contributed by atoms with Crippen LogP contribution in [0.1, 0.15) is 10.4 Å². The van der Waals surface area contributed by atoms with Gasteiger partial charge >= 0.3 is 5.97 Å². The Balaban J connectivity index is 3.26. The van der Waals surface area contributed by atoms with Crippen LogP contribution in [0.25, 0.3) is 4.72 Å². The zero-order valence-electron chi connectivity index (χ0n) is 7.34. The molecule has 0 saturated heterocycles. The molecular weight excluding hydrogens is 206 g/mol. The van der Waals surface area contributed by atoms with Gasteiger partial charge in [0, 0.05) is 4.90 Å². The molecule has 76 valence electrons. The topological polar surface area (TPSA) is 85.5 Å². The lowest BCUT2D eigenvalue weighted by molar-refractivity contribution is 0.0696. The Bertz CT molecular complexity index is 452. The number of carbonyl (C=O) groups is 1. The van der Waals surface area contributed by atoms with Crippen LogP contribution in [0, 0.1) is 0 Å². The second-order valence-corrected chi connectivity index (χ2v) is 4.28. The van der Waals surface area contributed by atoms with Gasteiger partial charge in [0.15, 0.2) is 0 Å². The van der Waals surface area contributed by atoms with Crippen molar-refractivity contribution in [2.45, 2.75) is 4.90 Å². The Labute approximate surface area is 81.4 Å². The highest BCUT2D eigenvalue weighted by molar-refractivity contribution is 7.94. The number of hydrogen-bond donors (Lipinski definition) is 1. The molecule has 0 amide bonds. The lowest BCUT2D eigenvalue weighted by atomic mass is 10.2. The highest BCUT2D eigenvalue weighted by Crippen LogP contribution is 2.16. The van der Waals surface area contributed by atoms with E-state index in [9.17, 15) is 13.2 Å². The van der Waals surface area contributed by atoms with Crippen molar-refractivity contribution in [2.24, 2.45) is 0 Å². The van der Waals surface area contributed by atoms with Crippen LogP contribution < -0.4 is 0 Å². The van der Waals surface area contributed by atoms with Crippen molar-refractivity contribution in [2.75, 3.05) is 7.05 Å². The fraction of sp³-hybridized carbons (Fsp3) is 0.125. The molecular formula is C8H8NO4S-. The third kappa shape index (κ3) is 2.09. The smallest absolute Gasteiger partial charge is 0.335 e. The molecule has 0 saturated carbocycles. The van der Waals surface area contributed by atoms with E-state index in [0.29, 0.717) is 0 Å². The van der Waals surface area contributed by atoms with Crippen molar-refractivity contribution in [1.82, 2.24) is 0 Å². The fourth-order valence-electron chi connectivity index (χ4n) is 0.895. The summed E-state index contributed by atoms with van der Waals surface area (Å²) >= 11 is 0. The Morgan fingerprint density at radius 3 is 2.57 bits per heavy atom. The van der Waals surface area contributed by atoms with E-state index in [1.165, 1.54) is 18.2 Å². The lowest BCUT2D eigenvalue weighted by Gasteiger charge is -2.13. The summed E-state index contributed by atoms with van der Waals surface area (Å²) in [5, 5.41) is 8.62. The summed E-state index contributed by atoms with van der Waals surface area (Å²) in [7, 11) is -2.55. The number of hydrogen-bond acceptors (Lipinski definition) is 3. The highest BCUT2D eigenvalue weighted by Gasteiger charge is 2.07. The molecule has 0 atom stereocenters.